The van der Waals surface area contributed by atoms with Gasteiger partial charge in [-0.05, 0) is 44.0 Å². The van der Waals surface area contributed by atoms with Crippen LogP contribution >= 0.6 is 22.7 Å². The molecule has 28 heavy (non-hydrogen) atoms. The highest BCUT2D eigenvalue weighted by atomic mass is 32.1. The highest BCUT2D eigenvalue weighted by Crippen LogP contribution is 2.31. The number of nitro groups is 1. The lowest BCUT2D eigenvalue weighted by Gasteiger charge is -2.04. The number of benzene rings is 1. The summed E-state index contributed by atoms with van der Waals surface area (Å²) >= 11 is 2.32. The smallest absolute Gasteiger partial charge is 0.306 e. The molecule has 0 unspecified atom stereocenters. The Balaban J connectivity index is 1.70. The lowest BCUT2D eigenvalue weighted by molar-refractivity contribution is -0.380. The molecule has 0 fully saturated rings. The van der Waals surface area contributed by atoms with Crippen LogP contribution in [-0.2, 0) is 0 Å². The Hall–Kier alpha value is -3.11. The lowest BCUT2D eigenvalue weighted by atomic mass is 10.1. The van der Waals surface area contributed by atoms with E-state index in [9.17, 15) is 14.9 Å². The number of aromatic nitrogens is 3. The molecule has 0 aliphatic rings. The highest BCUT2D eigenvalue weighted by Gasteiger charge is 2.19. The van der Waals surface area contributed by atoms with Gasteiger partial charge in [-0.2, -0.15) is 9.78 Å². The molecule has 3 aromatic heterocycles. The number of nitrogens with one attached hydrogen (secondary N) is 1. The monoisotopic (exact) mass is 413 g/mol. The third-order valence-corrected chi connectivity index (χ3v) is 6.08. The van der Waals surface area contributed by atoms with Crippen molar-refractivity contribution in [3.63, 3.8) is 0 Å². The molecule has 0 spiro atoms. The van der Waals surface area contributed by atoms with Crippen molar-refractivity contribution in [2.45, 2.75) is 20.8 Å². The number of thiophene rings is 1. The fraction of sp³-hybridized carbons (Fsp3) is 0.167. The van der Waals surface area contributed by atoms with Gasteiger partial charge in [-0.3, -0.25) is 14.9 Å². The van der Waals surface area contributed by atoms with Gasteiger partial charge in [0.25, 0.3) is 5.91 Å². The van der Waals surface area contributed by atoms with Gasteiger partial charge in [-0.25, -0.2) is 4.98 Å². The Labute approximate surface area is 167 Å². The molecule has 10 heteroatoms. The topological polar surface area (TPSA) is 103 Å². The zero-order chi connectivity index (χ0) is 20.0. The van der Waals surface area contributed by atoms with Crippen molar-refractivity contribution in [3.05, 3.63) is 62.1 Å². The van der Waals surface area contributed by atoms with E-state index in [0.717, 1.165) is 38.4 Å². The Kier molecular flexibility index (Phi) is 4.44. The maximum absolute atomic E-state index is 12.5. The zero-order valence-corrected chi connectivity index (χ0v) is 16.8. The molecule has 4 rings (SSSR count). The van der Waals surface area contributed by atoms with Crippen LogP contribution in [0.2, 0.25) is 0 Å². The van der Waals surface area contributed by atoms with Crippen molar-refractivity contribution in [2.24, 2.45) is 0 Å². The van der Waals surface area contributed by atoms with Crippen LogP contribution in [0.5, 0.6) is 0 Å². The third-order valence-electron chi connectivity index (χ3n) is 4.07. The Morgan fingerprint density at radius 2 is 1.96 bits per heavy atom. The first-order valence-corrected chi connectivity index (χ1v) is 9.95. The minimum absolute atomic E-state index is 0.0770. The van der Waals surface area contributed by atoms with Gasteiger partial charge in [0.2, 0.25) is 5.13 Å². The van der Waals surface area contributed by atoms with Crippen LogP contribution in [0.4, 0.5) is 10.8 Å². The maximum Gasteiger partial charge on any atom is 0.324 e. The normalized spacial score (nSPS) is 11.1. The number of hydrogen-bond acceptors (Lipinski definition) is 7. The van der Waals surface area contributed by atoms with Gasteiger partial charge >= 0.3 is 5.00 Å². The lowest BCUT2D eigenvalue weighted by Crippen LogP contribution is -2.13. The van der Waals surface area contributed by atoms with Gasteiger partial charge in [-0.15, -0.1) is 0 Å². The van der Waals surface area contributed by atoms with Crippen LogP contribution in [0.15, 0.2) is 30.3 Å². The van der Waals surface area contributed by atoms with Gasteiger partial charge in [0, 0.05) is 12.1 Å². The molecular weight excluding hydrogens is 398 g/mol. The van der Waals surface area contributed by atoms with E-state index in [1.165, 1.54) is 23.5 Å². The first-order valence-electron chi connectivity index (χ1n) is 8.32. The summed E-state index contributed by atoms with van der Waals surface area (Å²) in [5.41, 5.74) is 3.87. The van der Waals surface area contributed by atoms with Crippen LogP contribution in [0.3, 0.4) is 0 Å². The summed E-state index contributed by atoms with van der Waals surface area (Å²) in [4.78, 5) is 27.8. The van der Waals surface area contributed by atoms with Crippen molar-refractivity contribution >= 4 is 49.6 Å². The second kappa shape index (κ2) is 6.80. The van der Waals surface area contributed by atoms with Crippen LogP contribution < -0.4 is 5.32 Å². The predicted octanol–water partition coefficient (Wildman–Crippen LogP) is 4.63. The highest BCUT2D eigenvalue weighted by molar-refractivity contribution is 7.20. The molecule has 1 aromatic carbocycles. The van der Waals surface area contributed by atoms with Crippen LogP contribution in [0.1, 0.15) is 26.5 Å². The molecular formula is C18H15N5O3S2. The van der Waals surface area contributed by atoms with Crippen molar-refractivity contribution in [2.75, 3.05) is 5.32 Å². The summed E-state index contributed by atoms with van der Waals surface area (Å²) in [6.45, 7) is 5.88. The maximum atomic E-state index is 12.5. The number of anilines is 1. The first kappa shape index (κ1) is 18.3. The van der Waals surface area contributed by atoms with Crippen LogP contribution in [0, 0.1) is 30.9 Å². The number of rotatable bonds is 4. The van der Waals surface area contributed by atoms with E-state index in [2.05, 4.69) is 27.5 Å². The number of carbonyl (C=O) groups is 1. The van der Waals surface area contributed by atoms with Crippen LogP contribution in [-0.4, -0.2) is 25.6 Å². The molecule has 0 saturated heterocycles. The SMILES string of the molecule is Cc1cc(C)c2nc(-n3nc(C)cc3NC(=O)c3ccc([N+](=O)[O-])s3)sc2c1. The van der Waals surface area contributed by atoms with Gasteiger partial charge < -0.3 is 5.32 Å². The zero-order valence-electron chi connectivity index (χ0n) is 15.2. The van der Waals surface area contributed by atoms with Gasteiger partial charge in [0.1, 0.15) is 5.82 Å². The molecule has 3 heterocycles. The molecule has 4 aromatic rings. The minimum Gasteiger partial charge on any atom is -0.306 e. The van der Waals surface area contributed by atoms with Gasteiger partial charge in [0.05, 0.1) is 25.7 Å². The van der Waals surface area contributed by atoms with Crippen molar-refractivity contribution in [1.29, 1.82) is 0 Å². The molecule has 8 nitrogen and oxygen atoms in total. The first-order chi connectivity index (χ1) is 13.3. The molecule has 0 bridgehead atoms. The molecule has 0 saturated carbocycles. The standard InChI is InChI=1S/C18H15N5O3S2/c1-9-6-10(2)16-13(7-9)28-18(20-16)22-14(8-11(3)21-22)19-17(24)12-4-5-15(27-12)23(25)26/h4-8H,1-3H3,(H,19,24). The Bertz CT molecular complexity index is 1240. The summed E-state index contributed by atoms with van der Waals surface area (Å²) < 4.78 is 2.64. The number of carbonyl (C=O) groups excluding carboxylic acids is 1. The number of aryl methyl sites for hydroxylation is 3. The molecule has 0 aliphatic carbocycles. The number of fused-ring (bicyclic) bond motifs is 1. The van der Waals surface area contributed by atoms with Crippen molar-refractivity contribution < 1.29 is 9.72 Å². The third kappa shape index (κ3) is 3.27. The van der Waals surface area contributed by atoms with Crippen molar-refractivity contribution in [1.82, 2.24) is 14.8 Å². The summed E-state index contributed by atoms with van der Waals surface area (Å²) in [6, 6.07) is 8.65. The van der Waals surface area contributed by atoms with Crippen LogP contribution in [0.25, 0.3) is 15.3 Å². The molecule has 0 radical (unpaired) electrons. The molecule has 1 N–H and O–H groups in total. The number of amides is 1. The summed E-state index contributed by atoms with van der Waals surface area (Å²) in [7, 11) is 0. The number of thiazole rings is 1. The fourth-order valence-corrected chi connectivity index (χ4v) is 4.73. The Morgan fingerprint density at radius 3 is 2.68 bits per heavy atom. The molecule has 0 atom stereocenters. The second-order valence-corrected chi connectivity index (χ2v) is 8.43. The average Bonchev–Trinajstić information content (AvgIpc) is 3.32. The van der Waals surface area contributed by atoms with E-state index in [4.69, 9.17) is 0 Å². The summed E-state index contributed by atoms with van der Waals surface area (Å²) in [6.07, 6.45) is 0. The predicted molar refractivity (Wildman–Crippen MR) is 110 cm³/mol. The van der Waals surface area contributed by atoms with Gasteiger partial charge in [0.15, 0.2) is 0 Å². The van der Waals surface area contributed by atoms with E-state index in [-0.39, 0.29) is 9.88 Å². The van der Waals surface area contributed by atoms with E-state index < -0.39 is 10.8 Å². The van der Waals surface area contributed by atoms with E-state index in [1.807, 2.05) is 20.8 Å². The van der Waals surface area contributed by atoms with Gasteiger partial charge in [-0.1, -0.05) is 28.7 Å². The second-order valence-electron chi connectivity index (χ2n) is 6.36. The number of nitrogens with zero attached hydrogens (tertiary/aromatic N) is 4. The Morgan fingerprint density at radius 1 is 1.18 bits per heavy atom. The number of hydrogen-bond donors (Lipinski definition) is 1. The summed E-state index contributed by atoms with van der Waals surface area (Å²) in [5.74, 6) is 0.0411. The van der Waals surface area contributed by atoms with E-state index in [0.29, 0.717) is 10.9 Å². The van der Waals surface area contributed by atoms with E-state index in [1.54, 1.807) is 10.7 Å². The molecule has 0 aliphatic heterocycles. The fourth-order valence-electron chi connectivity index (χ4n) is 2.91. The largest absolute Gasteiger partial charge is 0.324 e. The molecule has 142 valence electrons. The molecule has 1 amide bonds. The minimum atomic E-state index is -0.513. The summed E-state index contributed by atoms with van der Waals surface area (Å²) in [5, 5.41) is 18.6. The van der Waals surface area contributed by atoms with Crippen molar-refractivity contribution in [3.8, 4) is 5.13 Å². The quantitative estimate of drug-likeness (QED) is 0.388. The average molecular weight is 413 g/mol. The van der Waals surface area contributed by atoms with E-state index >= 15 is 0 Å².